The standard InChI is InChI=1S/C29H35N5OS/c1-4-33(5-2)25-14-10-22(11-15-25)20-23-12-13-24(28(23)34-16-18-35-19-17-34)21-30-31-29-32(3)26-8-6-7-9-27(26)36-29/h6-11,14-15,20-21H,4-5,12-13,16-19H2,1-3H3/b23-20+,30-21-,31-29+. The molecule has 6 nitrogen and oxygen atoms in total. The Morgan fingerprint density at radius 1 is 1.00 bits per heavy atom. The van der Waals surface area contributed by atoms with Gasteiger partial charge in [-0.1, -0.05) is 35.6 Å². The predicted molar refractivity (Wildman–Crippen MR) is 151 cm³/mol. The Balaban J connectivity index is 1.45. The van der Waals surface area contributed by atoms with Gasteiger partial charge in [-0.3, -0.25) is 0 Å². The summed E-state index contributed by atoms with van der Waals surface area (Å²) in [6, 6.07) is 17.3. The maximum absolute atomic E-state index is 5.64. The van der Waals surface area contributed by atoms with Gasteiger partial charge in [0.1, 0.15) is 0 Å². The summed E-state index contributed by atoms with van der Waals surface area (Å²) in [6.07, 6.45) is 6.32. The number of thiazole rings is 1. The lowest BCUT2D eigenvalue weighted by Crippen LogP contribution is -2.36. The molecule has 0 unspecified atom stereocenters. The molecule has 0 atom stereocenters. The van der Waals surface area contributed by atoms with E-state index in [9.17, 15) is 0 Å². The summed E-state index contributed by atoms with van der Waals surface area (Å²) in [5.41, 5.74) is 7.65. The molecule has 2 aliphatic rings. The first kappa shape index (κ1) is 24.5. The van der Waals surface area contributed by atoms with E-state index < -0.39 is 0 Å². The average Bonchev–Trinajstić information content (AvgIpc) is 3.46. The second kappa shape index (κ2) is 11.3. The Kier molecular flexibility index (Phi) is 7.68. The van der Waals surface area contributed by atoms with Gasteiger partial charge in [0, 0.05) is 44.6 Å². The number of rotatable bonds is 7. The smallest absolute Gasteiger partial charge is 0.211 e. The summed E-state index contributed by atoms with van der Waals surface area (Å²) in [4.78, 5) is 5.75. The fourth-order valence-corrected chi connectivity index (χ4v) is 6.04. The van der Waals surface area contributed by atoms with E-state index in [-0.39, 0.29) is 0 Å². The van der Waals surface area contributed by atoms with Crippen molar-refractivity contribution in [3.05, 3.63) is 75.7 Å². The highest BCUT2D eigenvalue weighted by Gasteiger charge is 2.25. The molecule has 0 radical (unpaired) electrons. The minimum Gasteiger partial charge on any atom is -0.378 e. The Labute approximate surface area is 217 Å². The molecule has 0 bridgehead atoms. The van der Waals surface area contributed by atoms with Crippen LogP contribution in [0.25, 0.3) is 16.3 Å². The van der Waals surface area contributed by atoms with Crippen LogP contribution in [-0.4, -0.2) is 55.1 Å². The number of hydrogen-bond donors (Lipinski definition) is 0. The molecule has 0 amide bonds. The highest BCUT2D eigenvalue weighted by Crippen LogP contribution is 2.35. The van der Waals surface area contributed by atoms with Crippen LogP contribution in [0.3, 0.4) is 0 Å². The fourth-order valence-electron chi connectivity index (χ4n) is 5.07. The number of ether oxygens (including phenoxy) is 1. The van der Waals surface area contributed by atoms with Crippen molar-refractivity contribution in [1.29, 1.82) is 0 Å². The van der Waals surface area contributed by atoms with Crippen LogP contribution >= 0.6 is 11.3 Å². The second-order valence-electron chi connectivity index (χ2n) is 9.16. The normalized spacial score (nSPS) is 18.4. The van der Waals surface area contributed by atoms with Gasteiger partial charge < -0.3 is 19.1 Å². The molecule has 36 heavy (non-hydrogen) atoms. The van der Waals surface area contributed by atoms with Crippen molar-refractivity contribution in [2.24, 2.45) is 17.3 Å². The lowest BCUT2D eigenvalue weighted by Gasteiger charge is -2.31. The maximum atomic E-state index is 5.64. The quantitative estimate of drug-likeness (QED) is 0.320. The van der Waals surface area contributed by atoms with Gasteiger partial charge in [0.05, 0.1) is 29.6 Å². The lowest BCUT2D eigenvalue weighted by molar-refractivity contribution is 0.0548. The predicted octanol–water partition coefficient (Wildman–Crippen LogP) is 5.44. The van der Waals surface area contributed by atoms with E-state index in [0.29, 0.717) is 0 Å². The molecule has 2 aromatic carbocycles. The first-order valence-electron chi connectivity index (χ1n) is 12.9. The van der Waals surface area contributed by atoms with Crippen molar-refractivity contribution in [3.8, 4) is 0 Å². The van der Waals surface area contributed by atoms with Crippen molar-refractivity contribution in [2.75, 3.05) is 44.3 Å². The third kappa shape index (κ3) is 5.18. The molecular weight excluding hydrogens is 466 g/mol. The zero-order chi connectivity index (χ0) is 24.9. The zero-order valence-electron chi connectivity index (χ0n) is 21.5. The van der Waals surface area contributed by atoms with E-state index in [0.717, 1.165) is 57.0 Å². The fraction of sp³-hybridized carbons (Fsp3) is 0.379. The highest BCUT2D eigenvalue weighted by atomic mass is 32.1. The van der Waals surface area contributed by atoms with Gasteiger partial charge in [-0.05, 0) is 73.7 Å². The van der Waals surface area contributed by atoms with Crippen LogP contribution in [0.4, 0.5) is 5.69 Å². The van der Waals surface area contributed by atoms with Crippen molar-refractivity contribution >= 4 is 39.5 Å². The molecule has 0 N–H and O–H groups in total. The number of fused-ring (bicyclic) bond motifs is 1. The van der Waals surface area contributed by atoms with Crippen LogP contribution in [0.15, 0.2) is 75.6 Å². The Morgan fingerprint density at radius 2 is 1.75 bits per heavy atom. The van der Waals surface area contributed by atoms with Gasteiger partial charge in [0.15, 0.2) is 0 Å². The van der Waals surface area contributed by atoms with E-state index in [1.165, 1.54) is 38.3 Å². The number of para-hydroxylation sites is 1. The molecule has 188 valence electrons. The number of anilines is 1. The molecule has 1 aliphatic heterocycles. The molecule has 5 rings (SSSR count). The number of aryl methyl sites for hydroxylation is 1. The topological polar surface area (TPSA) is 45.4 Å². The molecular formula is C29H35N5OS. The summed E-state index contributed by atoms with van der Waals surface area (Å²) in [6.45, 7) is 9.80. The summed E-state index contributed by atoms with van der Waals surface area (Å²) in [5, 5.41) is 9.14. The number of allylic oxidation sites excluding steroid dienone is 2. The molecule has 1 aliphatic carbocycles. The highest BCUT2D eigenvalue weighted by molar-refractivity contribution is 7.16. The van der Waals surface area contributed by atoms with Crippen molar-refractivity contribution in [2.45, 2.75) is 26.7 Å². The summed E-state index contributed by atoms with van der Waals surface area (Å²) in [7, 11) is 2.05. The number of nitrogens with zero attached hydrogens (tertiary/aromatic N) is 5. The molecule has 2 heterocycles. The third-order valence-corrected chi connectivity index (χ3v) is 8.14. The summed E-state index contributed by atoms with van der Waals surface area (Å²) in [5.74, 6) is 0. The molecule has 1 fully saturated rings. The van der Waals surface area contributed by atoms with E-state index in [1.807, 2.05) is 13.3 Å². The molecule has 1 saturated heterocycles. The number of benzene rings is 2. The molecule has 0 saturated carbocycles. The van der Waals surface area contributed by atoms with Crippen molar-refractivity contribution < 1.29 is 4.74 Å². The number of hydrogen-bond acceptors (Lipinski definition) is 6. The number of aromatic nitrogens is 1. The van der Waals surface area contributed by atoms with Gasteiger partial charge in [-0.25, -0.2) is 0 Å². The molecule has 0 spiro atoms. The number of morpholine rings is 1. The minimum absolute atomic E-state index is 0.766. The first-order valence-corrected chi connectivity index (χ1v) is 13.7. The van der Waals surface area contributed by atoms with Crippen LogP contribution in [0.2, 0.25) is 0 Å². The van der Waals surface area contributed by atoms with Crippen LogP contribution in [-0.2, 0) is 11.8 Å². The minimum atomic E-state index is 0.766. The molecule has 1 aromatic heterocycles. The van der Waals surface area contributed by atoms with Gasteiger partial charge >= 0.3 is 0 Å². The SMILES string of the molecule is CCN(CC)c1ccc(/C=C2\CCC(/C=N\N=c3\sc4ccccc4n3C)=C2N2CCOCC2)cc1. The Morgan fingerprint density at radius 3 is 2.47 bits per heavy atom. The second-order valence-corrected chi connectivity index (χ2v) is 10.2. The summed E-state index contributed by atoms with van der Waals surface area (Å²) < 4.78 is 8.97. The largest absolute Gasteiger partial charge is 0.378 e. The van der Waals surface area contributed by atoms with E-state index in [4.69, 9.17) is 4.74 Å². The maximum Gasteiger partial charge on any atom is 0.211 e. The zero-order valence-corrected chi connectivity index (χ0v) is 22.3. The first-order chi connectivity index (χ1) is 17.7. The van der Waals surface area contributed by atoms with E-state index in [2.05, 4.69) is 93.0 Å². The Hall–Kier alpha value is -3.16. The van der Waals surface area contributed by atoms with Crippen molar-refractivity contribution in [3.63, 3.8) is 0 Å². The van der Waals surface area contributed by atoms with E-state index >= 15 is 0 Å². The van der Waals surface area contributed by atoms with Gasteiger partial charge in [-0.15, -0.1) is 5.10 Å². The van der Waals surface area contributed by atoms with Crippen LogP contribution in [0.1, 0.15) is 32.3 Å². The van der Waals surface area contributed by atoms with Crippen molar-refractivity contribution in [1.82, 2.24) is 9.47 Å². The van der Waals surface area contributed by atoms with Crippen LogP contribution in [0.5, 0.6) is 0 Å². The summed E-state index contributed by atoms with van der Waals surface area (Å²) >= 11 is 1.67. The van der Waals surface area contributed by atoms with Gasteiger partial charge in [0.2, 0.25) is 4.80 Å². The Bertz CT molecular complexity index is 1350. The monoisotopic (exact) mass is 501 g/mol. The van der Waals surface area contributed by atoms with Crippen LogP contribution in [0, 0.1) is 0 Å². The van der Waals surface area contributed by atoms with Gasteiger partial charge in [0.25, 0.3) is 0 Å². The average molecular weight is 502 g/mol. The molecule has 3 aromatic rings. The van der Waals surface area contributed by atoms with E-state index in [1.54, 1.807) is 11.3 Å². The lowest BCUT2D eigenvalue weighted by atomic mass is 10.1. The van der Waals surface area contributed by atoms with Crippen LogP contribution < -0.4 is 9.70 Å². The van der Waals surface area contributed by atoms with Gasteiger partial charge in [-0.2, -0.15) is 5.10 Å². The third-order valence-electron chi connectivity index (χ3n) is 7.03. The molecule has 7 heteroatoms.